The van der Waals surface area contributed by atoms with E-state index in [2.05, 4.69) is 128 Å². The van der Waals surface area contributed by atoms with E-state index in [0.717, 1.165) is 58.7 Å². The van der Waals surface area contributed by atoms with Gasteiger partial charge >= 0.3 is 0 Å². The number of aryl methyl sites for hydroxylation is 2. The summed E-state index contributed by atoms with van der Waals surface area (Å²) in [7, 11) is 1.63. The van der Waals surface area contributed by atoms with Gasteiger partial charge in [-0.15, -0.1) is 0 Å². The number of hydrogen-bond donors (Lipinski definition) is 1. The molecule has 4 rings (SSSR count). The predicted octanol–water partition coefficient (Wildman–Crippen LogP) is 8.75. The van der Waals surface area contributed by atoms with Crippen LogP contribution < -0.4 is 10.2 Å². The minimum Gasteiger partial charge on any atom is -0.489 e. The van der Waals surface area contributed by atoms with Gasteiger partial charge in [-0.2, -0.15) is 5.11 Å². The van der Waals surface area contributed by atoms with Crippen LogP contribution in [0.1, 0.15) is 56.4 Å². The predicted molar refractivity (Wildman–Crippen MR) is 159 cm³/mol. The van der Waals surface area contributed by atoms with Crippen LogP contribution >= 0.6 is 0 Å². The Morgan fingerprint density at radius 3 is 2.58 bits per heavy atom. The number of fused-ring (bicyclic) bond motifs is 1. The first-order valence-corrected chi connectivity index (χ1v) is 13.4. The Hall–Kier alpha value is -3.86. The highest BCUT2D eigenvalue weighted by Gasteiger charge is 2.16. The molecule has 1 aromatic heterocycles. The summed E-state index contributed by atoms with van der Waals surface area (Å²) in [6, 6.07) is 21.6. The van der Waals surface area contributed by atoms with Crippen LogP contribution in [0.3, 0.4) is 0 Å². The third-order valence-corrected chi connectivity index (χ3v) is 6.53. The van der Waals surface area contributed by atoms with E-state index >= 15 is 0 Å². The number of nitrogens with one attached hydrogen (secondary N) is 1. The maximum Gasteiger partial charge on any atom is 0.123 e. The average molecular weight is 509 g/mol. The summed E-state index contributed by atoms with van der Waals surface area (Å²) in [6.07, 6.45) is 4.28. The van der Waals surface area contributed by atoms with Crippen molar-refractivity contribution in [3.8, 4) is 16.9 Å². The number of aromatic nitrogens is 1. The standard InChI is InChI=1S/C33H40N4O/c1-8-10-30-29-15-16-37(22-33(4,5)6)31(29)13-14-32(30)38-21-25-11-9-12-26(19-25)28-18-23(2)17-27(20-28)24(3)35-36-34-7/h9,11-20H,3,8,10,21-22H2,1-2,4-7H3,(H,34,35). The summed E-state index contributed by atoms with van der Waals surface area (Å²) in [4.78, 5) is 0. The fourth-order valence-corrected chi connectivity index (χ4v) is 4.91. The Bertz CT molecular complexity index is 1460. The third kappa shape index (κ3) is 6.52. The third-order valence-electron chi connectivity index (χ3n) is 6.53. The lowest BCUT2D eigenvalue weighted by Crippen LogP contribution is -2.14. The van der Waals surface area contributed by atoms with Gasteiger partial charge in [-0.3, -0.25) is 5.43 Å². The molecule has 38 heavy (non-hydrogen) atoms. The molecule has 0 saturated heterocycles. The molecule has 0 radical (unpaired) electrons. The molecule has 3 aromatic carbocycles. The van der Waals surface area contributed by atoms with Gasteiger partial charge < -0.3 is 9.30 Å². The molecular weight excluding hydrogens is 468 g/mol. The zero-order valence-corrected chi connectivity index (χ0v) is 23.6. The maximum absolute atomic E-state index is 6.46. The largest absolute Gasteiger partial charge is 0.489 e. The van der Waals surface area contributed by atoms with Crippen molar-refractivity contribution in [3.63, 3.8) is 0 Å². The molecule has 0 unspecified atom stereocenters. The molecule has 198 valence electrons. The minimum atomic E-state index is 0.222. The van der Waals surface area contributed by atoms with Gasteiger partial charge in [0, 0.05) is 29.2 Å². The molecule has 0 fully saturated rings. The lowest BCUT2D eigenvalue weighted by molar-refractivity contribution is 0.303. The lowest BCUT2D eigenvalue weighted by atomic mass is 9.97. The summed E-state index contributed by atoms with van der Waals surface area (Å²) in [5.74, 6) is 0.976. The fourth-order valence-electron chi connectivity index (χ4n) is 4.91. The molecular formula is C33H40N4O. The van der Waals surface area contributed by atoms with E-state index in [1.54, 1.807) is 7.05 Å². The summed E-state index contributed by atoms with van der Waals surface area (Å²) >= 11 is 0. The molecule has 1 heterocycles. The molecule has 5 nitrogen and oxygen atoms in total. The topological polar surface area (TPSA) is 50.9 Å². The van der Waals surface area contributed by atoms with E-state index < -0.39 is 0 Å². The van der Waals surface area contributed by atoms with E-state index in [1.807, 2.05) is 0 Å². The zero-order valence-electron chi connectivity index (χ0n) is 23.6. The average Bonchev–Trinajstić information content (AvgIpc) is 3.28. The van der Waals surface area contributed by atoms with Crippen molar-refractivity contribution < 1.29 is 4.74 Å². The second-order valence-corrected chi connectivity index (χ2v) is 11.2. The van der Waals surface area contributed by atoms with Gasteiger partial charge in [0.2, 0.25) is 0 Å². The summed E-state index contributed by atoms with van der Waals surface area (Å²) in [6.45, 7) is 16.8. The Labute approximate surface area is 227 Å². The number of hydrogen-bond acceptors (Lipinski definition) is 3. The fraction of sp³-hybridized carbons (Fsp3) is 0.333. The van der Waals surface area contributed by atoms with E-state index in [0.29, 0.717) is 6.61 Å². The minimum absolute atomic E-state index is 0.222. The first-order valence-electron chi connectivity index (χ1n) is 13.4. The van der Waals surface area contributed by atoms with Gasteiger partial charge in [0.05, 0.1) is 12.7 Å². The highest BCUT2D eigenvalue weighted by Crippen LogP contribution is 2.33. The van der Waals surface area contributed by atoms with Crippen LogP contribution in [-0.2, 0) is 19.6 Å². The Morgan fingerprint density at radius 1 is 1.03 bits per heavy atom. The molecule has 0 aliphatic carbocycles. The number of rotatable bonds is 10. The van der Waals surface area contributed by atoms with Crippen molar-refractivity contribution in [3.05, 3.63) is 95.7 Å². The van der Waals surface area contributed by atoms with Crippen molar-refractivity contribution in [2.24, 2.45) is 15.8 Å². The lowest BCUT2D eigenvalue weighted by Gasteiger charge is -2.20. The van der Waals surface area contributed by atoms with Crippen molar-refractivity contribution in [2.75, 3.05) is 7.05 Å². The number of ether oxygens (including phenoxy) is 1. The molecule has 1 N–H and O–H groups in total. The molecule has 5 heteroatoms. The smallest absolute Gasteiger partial charge is 0.123 e. The van der Waals surface area contributed by atoms with Crippen LogP contribution in [0.15, 0.2) is 83.8 Å². The van der Waals surface area contributed by atoms with Gasteiger partial charge in [-0.25, -0.2) is 0 Å². The Morgan fingerprint density at radius 2 is 1.84 bits per heavy atom. The molecule has 0 aliphatic heterocycles. The van der Waals surface area contributed by atoms with E-state index in [-0.39, 0.29) is 5.41 Å². The first-order chi connectivity index (χ1) is 18.2. The van der Waals surface area contributed by atoms with E-state index in [9.17, 15) is 0 Å². The monoisotopic (exact) mass is 508 g/mol. The van der Waals surface area contributed by atoms with E-state index in [4.69, 9.17) is 4.74 Å². The zero-order chi connectivity index (χ0) is 27.3. The summed E-state index contributed by atoms with van der Waals surface area (Å²) < 4.78 is 8.83. The van der Waals surface area contributed by atoms with Crippen LogP contribution in [-0.4, -0.2) is 11.6 Å². The van der Waals surface area contributed by atoms with Crippen molar-refractivity contribution >= 4 is 16.6 Å². The van der Waals surface area contributed by atoms with Crippen LogP contribution in [0, 0.1) is 12.3 Å². The first kappa shape index (κ1) is 27.2. The summed E-state index contributed by atoms with van der Waals surface area (Å²) in [5.41, 5.74) is 12.0. The second kappa shape index (κ2) is 11.7. The Balaban J connectivity index is 1.58. The molecule has 0 bridgehead atoms. The van der Waals surface area contributed by atoms with Crippen molar-refractivity contribution in [2.45, 2.75) is 60.6 Å². The van der Waals surface area contributed by atoms with Gasteiger partial charge in [0.25, 0.3) is 0 Å². The summed E-state index contributed by atoms with van der Waals surface area (Å²) in [5, 5.41) is 8.91. The molecule has 0 atom stereocenters. The number of benzene rings is 3. The van der Waals surface area contributed by atoms with Crippen molar-refractivity contribution in [1.29, 1.82) is 0 Å². The quantitative estimate of drug-likeness (QED) is 0.172. The second-order valence-electron chi connectivity index (χ2n) is 11.2. The highest BCUT2D eigenvalue weighted by atomic mass is 16.5. The molecule has 0 saturated carbocycles. The van der Waals surface area contributed by atoms with Crippen LogP contribution in [0.5, 0.6) is 5.75 Å². The molecule has 0 amide bonds. The van der Waals surface area contributed by atoms with Gasteiger partial charge in [0.1, 0.15) is 12.4 Å². The van der Waals surface area contributed by atoms with E-state index in [1.165, 1.54) is 16.5 Å². The normalized spacial score (nSPS) is 11.8. The van der Waals surface area contributed by atoms with Crippen molar-refractivity contribution in [1.82, 2.24) is 9.99 Å². The van der Waals surface area contributed by atoms with Crippen LogP contribution in [0.25, 0.3) is 27.7 Å². The van der Waals surface area contributed by atoms with Crippen LogP contribution in [0.2, 0.25) is 0 Å². The molecule has 4 aromatic rings. The van der Waals surface area contributed by atoms with Gasteiger partial charge in [-0.05, 0) is 83.0 Å². The molecule has 0 aliphatic rings. The highest BCUT2D eigenvalue weighted by molar-refractivity contribution is 5.86. The maximum atomic E-state index is 6.46. The van der Waals surface area contributed by atoms with Gasteiger partial charge in [-0.1, -0.05) is 70.2 Å². The SMILES string of the molecule is C=C(NN=NC)c1cc(C)cc(-c2cccc(COc3ccc4c(ccn4CC(C)(C)C)c3CCC)c2)c1. The molecule has 0 spiro atoms. The Kier molecular flexibility index (Phi) is 8.35. The van der Waals surface area contributed by atoms with Gasteiger partial charge in [0.15, 0.2) is 0 Å². The van der Waals surface area contributed by atoms with Crippen LogP contribution in [0.4, 0.5) is 0 Å². The number of nitrogens with zero attached hydrogens (tertiary/aromatic N) is 3.